The van der Waals surface area contributed by atoms with Gasteiger partial charge in [0.1, 0.15) is 0 Å². The molecule has 164 valence electrons. The fourth-order valence-corrected chi connectivity index (χ4v) is 3.31. The summed E-state index contributed by atoms with van der Waals surface area (Å²) in [5.74, 6) is -0.981. The van der Waals surface area contributed by atoms with Gasteiger partial charge in [-0.2, -0.15) is 10.2 Å². The average Bonchev–Trinajstić information content (AvgIpc) is 2.86. The maximum Gasteiger partial charge on any atom is 0.337 e. The molecule has 33 heavy (non-hydrogen) atoms. The first-order valence-electron chi connectivity index (χ1n) is 10.1. The van der Waals surface area contributed by atoms with E-state index in [1.807, 2.05) is 30.3 Å². The lowest BCUT2D eigenvalue weighted by atomic mass is 10.1. The molecule has 0 atom stereocenters. The Hall–Kier alpha value is -4.59. The number of esters is 1. The number of nitrogens with one attached hydrogen (secondary N) is 1. The van der Waals surface area contributed by atoms with Gasteiger partial charge in [0, 0.05) is 5.39 Å². The van der Waals surface area contributed by atoms with Crippen LogP contribution in [0.5, 0.6) is 0 Å². The van der Waals surface area contributed by atoms with Gasteiger partial charge >= 0.3 is 5.97 Å². The molecule has 0 aliphatic heterocycles. The zero-order valence-corrected chi connectivity index (χ0v) is 17.8. The first-order chi connectivity index (χ1) is 16.1. The molecule has 1 aromatic heterocycles. The topological polar surface area (TPSA) is 103 Å². The number of carbonyl (C=O) groups is 2. The Morgan fingerprint density at radius 2 is 1.64 bits per heavy atom. The summed E-state index contributed by atoms with van der Waals surface area (Å²) >= 11 is 0. The van der Waals surface area contributed by atoms with Gasteiger partial charge in [-0.3, -0.25) is 9.59 Å². The number of hydrazone groups is 1. The highest BCUT2D eigenvalue weighted by molar-refractivity contribution is 6.05. The van der Waals surface area contributed by atoms with Crippen LogP contribution in [0, 0.1) is 0 Å². The van der Waals surface area contributed by atoms with Crippen LogP contribution in [0.4, 0.5) is 0 Å². The second-order valence-electron chi connectivity index (χ2n) is 7.16. The number of amides is 1. The third-order valence-electron chi connectivity index (χ3n) is 4.97. The van der Waals surface area contributed by atoms with E-state index in [2.05, 4.69) is 20.4 Å². The normalized spacial score (nSPS) is 10.9. The van der Waals surface area contributed by atoms with Crippen LogP contribution in [-0.4, -0.2) is 35.0 Å². The van der Waals surface area contributed by atoms with Crippen molar-refractivity contribution in [1.29, 1.82) is 0 Å². The summed E-state index contributed by atoms with van der Waals surface area (Å²) in [4.78, 5) is 37.3. The number of carbonyl (C=O) groups excluding carboxylic acids is 2. The van der Waals surface area contributed by atoms with Gasteiger partial charge in [-0.25, -0.2) is 14.9 Å². The van der Waals surface area contributed by atoms with Crippen molar-refractivity contribution in [1.82, 2.24) is 15.2 Å². The summed E-state index contributed by atoms with van der Waals surface area (Å²) in [5.41, 5.74) is 4.26. The number of hydrogen-bond acceptors (Lipinski definition) is 6. The minimum atomic E-state index is -0.546. The fourth-order valence-electron chi connectivity index (χ4n) is 3.31. The molecule has 0 radical (unpaired) electrons. The lowest BCUT2D eigenvalue weighted by Gasteiger charge is -2.10. The first kappa shape index (κ1) is 21.6. The molecule has 8 nitrogen and oxygen atoms in total. The number of ether oxygens (including phenoxy) is 1. The Balaban J connectivity index is 1.59. The molecule has 0 saturated heterocycles. The van der Waals surface area contributed by atoms with Crippen LogP contribution in [0.2, 0.25) is 0 Å². The number of aromatic nitrogens is 2. The molecule has 0 unspecified atom stereocenters. The minimum Gasteiger partial charge on any atom is -0.465 e. The van der Waals surface area contributed by atoms with Gasteiger partial charge < -0.3 is 4.74 Å². The van der Waals surface area contributed by atoms with Crippen molar-refractivity contribution in [2.75, 3.05) is 7.11 Å². The molecule has 8 heteroatoms. The average molecular weight is 440 g/mol. The van der Waals surface area contributed by atoms with Crippen LogP contribution in [0.15, 0.2) is 88.8 Å². The maximum atomic E-state index is 12.9. The van der Waals surface area contributed by atoms with Crippen molar-refractivity contribution in [2.24, 2.45) is 5.10 Å². The minimum absolute atomic E-state index is 0.0966. The molecule has 1 N–H and O–H groups in total. The lowest BCUT2D eigenvalue weighted by Crippen LogP contribution is -2.29. The molecular formula is C25H20N4O4. The molecule has 0 fully saturated rings. The van der Waals surface area contributed by atoms with Crippen molar-refractivity contribution < 1.29 is 14.3 Å². The van der Waals surface area contributed by atoms with E-state index < -0.39 is 11.9 Å². The van der Waals surface area contributed by atoms with Crippen LogP contribution >= 0.6 is 0 Å². The van der Waals surface area contributed by atoms with Crippen molar-refractivity contribution in [3.05, 3.63) is 112 Å². The SMILES string of the molecule is COC(=O)c1ccc(C=NNC(=O)c2nn(Cc3ccccc3)c(=O)c3ccccc23)cc1. The molecule has 1 heterocycles. The predicted octanol–water partition coefficient (Wildman–Crippen LogP) is 3.00. The summed E-state index contributed by atoms with van der Waals surface area (Å²) in [7, 11) is 1.31. The fraction of sp³-hybridized carbons (Fsp3) is 0.0800. The third kappa shape index (κ3) is 4.85. The van der Waals surface area contributed by atoms with Gasteiger partial charge in [0.25, 0.3) is 11.5 Å². The molecule has 0 aliphatic carbocycles. The van der Waals surface area contributed by atoms with Crippen molar-refractivity contribution in [3.8, 4) is 0 Å². The molecule has 4 rings (SSSR count). The van der Waals surface area contributed by atoms with E-state index in [-0.39, 0.29) is 17.8 Å². The summed E-state index contributed by atoms with van der Waals surface area (Å²) in [5, 5.41) is 9.16. The van der Waals surface area contributed by atoms with E-state index in [1.54, 1.807) is 48.5 Å². The smallest absolute Gasteiger partial charge is 0.337 e. The second kappa shape index (κ2) is 9.69. The highest BCUT2D eigenvalue weighted by Gasteiger charge is 2.16. The van der Waals surface area contributed by atoms with E-state index in [0.29, 0.717) is 21.9 Å². The van der Waals surface area contributed by atoms with E-state index in [1.165, 1.54) is 18.0 Å². The molecule has 3 aromatic carbocycles. The number of hydrogen-bond donors (Lipinski definition) is 1. The van der Waals surface area contributed by atoms with Crippen LogP contribution in [0.1, 0.15) is 32.0 Å². The van der Waals surface area contributed by atoms with Gasteiger partial charge in [0.15, 0.2) is 5.69 Å². The zero-order chi connectivity index (χ0) is 23.2. The quantitative estimate of drug-likeness (QED) is 0.282. The van der Waals surface area contributed by atoms with Crippen LogP contribution in [-0.2, 0) is 11.3 Å². The van der Waals surface area contributed by atoms with E-state index in [4.69, 9.17) is 0 Å². The van der Waals surface area contributed by atoms with Crippen molar-refractivity contribution in [3.63, 3.8) is 0 Å². The molecule has 4 aromatic rings. The lowest BCUT2D eigenvalue weighted by molar-refractivity contribution is 0.0600. The Morgan fingerprint density at radius 3 is 2.33 bits per heavy atom. The van der Waals surface area contributed by atoms with Crippen LogP contribution in [0.25, 0.3) is 10.8 Å². The van der Waals surface area contributed by atoms with E-state index in [9.17, 15) is 14.4 Å². The molecule has 0 bridgehead atoms. The standard InChI is InChI=1S/C25H20N4O4/c1-33-25(32)19-13-11-17(12-14-19)15-26-27-23(30)22-20-9-5-6-10-21(20)24(31)29(28-22)16-18-7-3-2-4-8-18/h2-15H,16H2,1H3,(H,27,30). The Labute approximate surface area is 189 Å². The summed E-state index contributed by atoms with van der Waals surface area (Å²) in [6.45, 7) is 0.237. The zero-order valence-electron chi connectivity index (χ0n) is 17.8. The van der Waals surface area contributed by atoms with Gasteiger partial charge in [-0.1, -0.05) is 60.7 Å². The Kier molecular flexibility index (Phi) is 6.36. The third-order valence-corrected chi connectivity index (χ3v) is 4.97. The number of fused-ring (bicyclic) bond motifs is 1. The van der Waals surface area contributed by atoms with E-state index in [0.717, 1.165) is 5.56 Å². The number of benzene rings is 3. The highest BCUT2D eigenvalue weighted by atomic mass is 16.5. The summed E-state index contributed by atoms with van der Waals surface area (Å²) in [6, 6.07) is 22.8. The van der Waals surface area contributed by atoms with Gasteiger partial charge in [-0.05, 0) is 29.3 Å². The largest absolute Gasteiger partial charge is 0.465 e. The molecular weight excluding hydrogens is 420 g/mol. The molecule has 0 spiro atoms. The Bertz CT molecular complexity index is 1390. The summed E-state index contributed by atoms with van der Waals surface area (Å²) in [6.07, 6.45) is 1.45. The Morgan fingerprint density at radius 1 is 0.970 bits per heavy atom. The van der Waals surface area contributed by atoms with E-state index >= 15 is 0 Å². The van der Waals surface area contributed by atoms with Crippen molar-refractivity contribution in [2.45, 2.75) is 6.54 Å². The van der Waals surface area contributed by atoms with Crippen LogP contribution in [0.3, 0.4) is 0 Å². The number of nitrogens with zero attached hydrogens (tertiary/aromatic N) is 3. The number of rotatable bonds is 6. The van der Waals surface area contributed by atoms with Crippen molar-refractivity contribution >= 4 is 28.9 Å². The van der Waals surface area contributed by atoms with Gasteiger partial charge in [0.05, 0.1) is 30.8 Å². The second-order valence-corrected chi connectivity index (χ2v) is 7.16. The molecule has 0 saturated carbocycles. The monoisotopic (exact) mass is 440 g/mol. The highest BCUT2D eigenvalue weighted by Crippen LogP contribution is 2.14. The maximum absolute atomic E-state index is 12.9. The number of methoxy groups -OCH3 is 1. The van der Waals surface area contributed by atoms with Crippen LogP contribution < -0.4 is 11.0 Å². The predicted molar refractivity (Wildman–Crippen MR) is 124 cm³/mol. The van der Waals surface area contributed by atoms with Gasteiger partial charge in [0.2, 0.25) is 0 Å². The first-order valence-corrected chi connectivity index (χ1v) is 10.1. The van der Waals surface area contributed by atoms with Gasteiger partial charge in [-0.15, -0.1) is 0 Å². The summed E-state index contributed by atoms with van der Waals surface area (Å²) < 4.78 is 5.95. The molecule has 0 aliphatic rings. The molecule has 1 amide bonds.